The molecule has 3 heterocycles. The molecule has 0 radical (unpaired) electrons. The fourth-order valence-electron chi connectivity index (χ4n) is 2.09. The highest BCUT2D eigenvalue weighted by atomic mass is 35.5. The Labute approximate surface area is 139 Å². The average Bonchev–Trinajstić information content (AvgIpc) is 3.07. The quantitative estimate of drug-likeness (QED) is 0.544. The lowest BCUT2D eigenvalue weighted by molar-refractivity contribution is 0.970. The van der Waals surface area contributed by atoms with Crippen LogP contribution in [0.4, 0.5) is 0 Å². The van der Waals surface area contributed by atoms with E-state index in [4.69, 9.17) is 23.2 Å². The van der Waals surface area contributed by atoms with E-state index in [0.29, 0.717) is 20.8 Å². The maximum absolute atomic E-state index is 6.05. The van der Waals surface area contributed by atoms with E-state index in [1.807, 2.05) is 12.1 Å². The summed E-state index contributed by atoms with van der Waals surface area (Å²) in [6.45, 7) is 0. The van der Waals surface area contributed by atoms with Crippen LogP contribution in [0.3, 0.4) is 0 Å². The van der Waals surface area contributed by atoms with Crippen molar-refractivity contribution in [1.29, 1.82) is 0 Å². The number of aromatic nitrogens is 5. The third kappa shape index (κ3) is 2.35. The molecule has 5 nitrogen and oxygen atoms in total. The zero-order valence-corrected chi connectivity index (χ0v) is 13.3. The molecule has 0 atom stereocenters. The lowest BCUT2D eigenvalue weighted by Gasteiger charge is -1.99. The van der Waals surface area contributed by atoms with Gasteiger partial charge < -0.3 is 0 Å². The Balaban J connectivity index is 1.88. The number of hydrogen-bond acceptors (Lipinski definition) is 5. The summed E-state index contributed by atoms with van der Waals surface area (Å²) >= 11 is 13.5. The molecule has 0 saturated carbocycles. The van der Waals surface area contributed by atoms with E-state index >= 15 is 0 Å². The van der Waals surface area contributed by atoms with Gasteiger partial charge in [-0.3, -0.25) is 4.98 Å². The first-order valence-electron chi connectivity index (χ1n) is 6.30. The summed E-state index contributed by atoms with van der Waals surface area (Å²) < 4.78 is 1.69. The van der Waals surface area contributed by atoms with Gasteiger partial charge in [0.2, 0.25) is 4.96 Å². The minimum Gasteiger partial charge on any atom is -0.264 e. The number of pyridine rings is 1. The summed E-state index contributed by atoms with van der Waals surface area (Å²) in [7, 11) is 0. The Morgan fingerprint density at radius 1 is 1.00 bits per heavy atom. The third-order valence-electron chi connectivity index (χ3n) is 3.02. The van der Waals surface area contributed by atoms with Gasteiger partial charge in [0.15, 0.2) is 5.82 Å². The first-order valence-corrected chi connectivity index (χ1v) is 7.87. The summed E-state index contributed by atoms with van der Waals surface area (Å²) in [5.41, 5.74) is 1.71. The van der Waals surface area contributed by atoms with Crippen LogP contribution in [0.2, 0.25) is 10.0 Å². The van der Waals surface area contributed by atoms with Gasteiger partial charge in [0, 0.05) is 33.6 Å². The molecule has 0 spiro atoms. The second kappa shape index (κ2) is 5.31. The summed E-state index contributed by atoms with van der Waals surface area (Å²) in [5.74, 6) is 0.603. The molecular formula is C14H7Cl2N5S. The van der Waals surface area contributed by atoms with Crippen molar-refractivity contribution in [3.05, 3.63) is 52.8 Å². The molecular weight excluding hydrogens is 341 g/mol. The maximum atomic E-state index is 6.05. The van der Waals surface area contributed by atoms with Crippen LogP contribution >= 0.6 is 34.5 Å². The van der Waals surface area contributed by atoms with Gasteiger partial charge in [-0.05, 0) is 30.3 Å². The minimum absolute atomic E-state index is 0.543. The van der Waals surface area contributed by atoms with Crippen LogP contribution in [0, 0.1) is 0 Å². The summed E-state index contributed by atoms with van der Waals surface area (Å²) in [6.07, 6.45) is 3.49. The number of halogens is 2. The Morgan fingerprint density at radius 3 is 2.55 bits per heavy atom. The van der Waals surface area contributed by atoms with Crippen LogP contribution in [0.25, 0.3) is 26.9 Å². The fraction of sp³-hybridized carbons (Fsp3) is 0. The molecule has 8 heteroatoms. The second-order valence-corrected chi connectivity index (χ2v) is 6.35. The number of fused-ring (bicyclic) bond motifs is 1. The molecule has 22 heavy (non-hydrogen) atoms. The van der Waals surface area contributed by atoms with Gasteiger partial charge in [-0.2, -0.15) is 9.61 Å². The van der Waals surface area contributed by atoms with Gasteiger partial charge in [-0.15, -0.1) is 10.2 Å². The molecule has 0 aliphatic heterocycles. The predicted octanol–water partition coefficient (Wildman–Crippen LogP) is 4.22. The number of rotatable bonds is 2. The standard InChI is InChI=1S/C14H7Cl2N5S/c15-10-4-9(5-11(16)6-10)12-18-19-14-21(12)20-13(22-14)8-2-1-3-17-7-8/h1-7H. The SMILES string of the molecule is Clc1cc(Cl)cc(-c2nnc3sc(-c4cccnc4)nn23)c1. The molecule has 4 rings (SSSR count). The Kier molecular flexibility index (Phi) is 3.29. The van der Waals surface area contributed by atoms with E-state index in [1.54, 1.807) is 35.1 Å². The van der Waals surface area contributed by atoms with Crippen LogP contribution in [0.15, 0.2) is 42.7 Å². The second-order valence-electron chi connectivity index (χ2n) is 4.53. The smallest absolute Gasteiger partial charge is 0.235 e. The first-order chi connectivity index (χ1) is 10.7. The van der Waals surface area contributed by atoms with Crippen molar-refractivity contribution in [1.82, 2.24) is 24.8 Å². The highest BCUT2D eigenvalue weighted by Gasteiger charge is 2.15. The van der Waals surface area contributed by atoms with E-state index in [0.717, 1.165) is 16.1 Å². The largest absolute Gasteiger partial charge is 0.264 e. The zero-order valence-electron chi connectivity index (χ0n) is 10.9. The Morgan fingerprint density at radius 2 is 1.82 bits per heavy atom. The zero-order chi connectivity index (χ0) is 15.1. The highest BCUT2D eigenvalue weighted by molar-refractivity contribution is 7.19. The van der Waals surface area contributed by atoms with E-state index < -0.39 is 0 Å². The van der Waals surface area contributed by atoms with Crippen LogP contribution in [-0.4, -0.2) is 24.8 Å². The normalized spacial score (nSPS) is 11.2. The summed E-state index contributed by atoms with van der Waals surface area (Å²) in [5, 5.41) is 14.8. The summed E-state index contributed by atoms with van der Waals surface area (Å²) in [6, 6.07) is 9.07. The highest BCUT2D eigenvalue weighted by Crippen LogP contribution is 2.30. The molecule has 0 saturated heterocycles. The van der Waals surface area contributed by atoms with Crippen LogP contribution < -0.4 is 0 Å². The van der Waals surface area contributed by atoms with Crippen molar-refractivity contribution in [3.8, 4) is 22.0 Å². The van der Waals surface area contributed by atoms with Gasteiger partial charge in [0.05, 0.1) is 0 Å². The maximum Gasteiger partial charge on any atom is 0.235 e. The molecule has 108 valence electrons. The van der Waals surface area contributed by atoms with Gasteiger partial charge in [-0.25, -0.2) is 0 Å². The Bertz CT molecular complexity index is 944. The topological polar surface area (TPSA) is 56.0 Å². The first kappa shape index (κ1) is 13.6. The predicted molar refractivity (Wildman–Crippen MR) is 87.3 cm³/mol. The van der Waals surface area contributed by atoms with Crippen molar-refractivity contribution in [2.45, 2.75) is 0 Å². The monoisotopic (exact) mass is 347 g/mol. The molecule has 0 unspecified atom stereocenters. The molecule has 0 fully saturated rings. The molecule has 0 aliphatic carbocycles. The molecule has 0 bridgehead atoms. The van der Waals surface area contributed by atoms with Crippen molar-refractivity contribution in [2.24, 2.45) is 0 Å². The fourth-order valence-corrected chi connectivity index (χ4v) is 3.44. The van der Waals surface area contributed by atoms with Gasteiger partial charge in [-0.1, -0.05) is 34.5 Å². The van der Waals surface area contributed by atoms with Gasteiger partial charge >= 0.3 is 0 Å². The van der Waals surface area contributed by atoms with E-state index in [2.05, 4.69) is 20.3 Å². The number of benzene rings is 1. The van der Waals surface area contributed by atoms with Crippen LogP contribution in [0.1, 0.15) is 0 Å². The average molecular weight is 348 g/mol. The van der Waals surface area contributed by atoms with Crippen molar-refractivity contribution >= 4 is 39.5 Å². The van der Waals surface area contributed by atoms with Crippen molar-refractivity contribution in [2.75, 3.05) is 0 Å². The molecule has 3 aromatic heterocycles. The minimum atomic E-state index is 0.543. The van der Waals surface area contributed by atoms with E-state index in [9.17, 15) is 0 Å². The molecule has 4 aromatic rings. The lowest BCUT2D eigenvalue weighted by Crippen LogP contribution is -1.91. The third-order valence-corrected chi connectivity index (χ3v) is 4.40. The van der Waals surface area contributed by atoms with Crippen molar-refractivity contribution < 1.29 is 0 Å². The van der Waals surface area contributed by atoms with E-state index in [1.165, 1.54) is 11.3 Å². The molecule has 0 amide bonds. The van der Waals surface area contributed by atoms with Gasteiger partial charge in [0.25, 0.3) is 0 Å². The number of nitrogens with zero attached hydrogens (tertiary/aromatic N) is 5. The molecule has 0 aliphatic rings. The Hall–Kier alpha value is -2.02. The van der Waals surface area contributed by atoms with Crippen LogP contribution in [-0.2, 0) is 0 Å². The molecule has 1 aromatic carbocycles. The lowest BCUT2D eigenvalue weighted by atomic mass is 10.2. The van der Waals surface area contributed by atoms with Crippen molar-refractivity contribution in [3.63, 3.8) is 0 Å². The van der Waals surface area contributed by atoms with E-state index in [-0.39, 0.29) is 0 Å². The number of hydrogen-bond donors (Lipinski definition) is 0. The summed E-state index contributed by atoms with van der Waals surface area (Å²) in [4.78, 5) is 4.80. The van der Waals surface area contributed by atoms with Crippen LogP contribution in [0.5, 0.6) is 0 Å². The molecule has 0 N–H and O–H groups in total. The van der Waals surface area contributed by atoms with Gasteiger partial charge in [0.1, 0.15) is 5.01 Å².